The molecule has 0 bridgehead atoms. The Balaban J connectivity index is 2.83. The largest absolute Gasteiger partial charge is 0.243 e. The van der Waals surface area contributed by atoms with E-state index in [-0.39, 0.29) is 0 Å². The molecule has 11 heavy (non-hydrogen) atoms. The molecule has 0 spiro atoms. The first-order valence-electron chi connectivity index (χ1n) is 3.25. The lowest BCUT2D eigenvalue weighted by Gasteiger charge is -1.93. The maximum atomic E-state index is 4.14. The van der Waals surface area contributed by atoms with Crippen LogP contribution in [0.4, 0.5) is 0 Å². The highest BCUT2D eigenvalue weighted by Crippen LogP contribution is 2.03. The average Bonchev–Trinajstić information content (AvgIpc) is 2.04. The van der Waals surface area contributed by atoms with E-state index in [1.165, 1.54) is 6.33 Å². The van der Waals surface area contributed by atoms with Crippen LogP contribution in [-0.4, -0.2) is 19.9 Å². The summed E-state index contributed by atoms with van der Waals surface area (Å²) in [7, 11) is 0. The van der Waals surface area contributed by atoms with E-state index in [4.69, 9.17) is 0 Å². The second-order valence-electron chi connectivity index (χ2n) is 2.21. The number of aryl methyl sites for hydroxylation is 1. The smallest absolute Gasteiger partial charge is 0.126 e. The molecule has 2 aromatic heterocycles. The van der Waals surface area contributed by atoms with Gasteiger partial charge in [0.25, 0.3) is 0 Å². The van der Waals surface area contributed by atoms with Crippen LogP contribution in [0.25, 0.3) is 11.0 Å². The predicted octanol–water partition coefficient (Wildman–Crippen LogP) is 0.728. The molecule has 0 amide bonds. The maximum absolute atomic E-state index is 4.14. The summed E-state index contributed by atoms with van der Waals surface area (Å²) in [4.78, 5) is 16.0. The quantitative estimate of drug-likeness (QED) is 0.549. The summed E-state index contributed by atoms with van der Waals surface area (Å²) in [6.45, 7) is 1.84. The number of hydrogen-bond acceptors (Lipinski definition) is 4. The Morgan fingerprint density at radius 2 is 2.00 bits per heavy atom. The highest BCUT2D eigenvalue weighted by atomic mass is 14.9. The third-order valence-corrected chi connectivity index (χ3v) is 1.38. The zero-order valence-corrected chi connectivity index (χ0v) is 6.02. The summed E-state index contributed by atoms with van der Waals surface area (Å²) in [5.74, 6) is 0.743. The molecule has 4 heteroatoms. The Morgan fingerprint density at radius 3 is 2.91 bits per heavy atom. The van der Waals surface area contributed by atoms with E-state index in [0.717, 1.165) is 16.9 Å². The number of fused-ring (bicyclic) bond motifs is 1. The van der Waals surface area contributed by atoms with Crippen molar-refractivity contribution in [2.45, 2.75) is 6.92 Å². The van der Waals surface area contributed by atoms with Crippen LogP contribution in [0.3, 0.4) is 0 Å². The molecular weight excluding hydrogens is 140 g/mol. The third kappa shape index (κ3) is 1.02. The van der Waals surface area contributed by atoms with E-state index in [1.54, 1.807) is 12.4 Å². The SMILES string of the molecule is Cc1ncc2ncncc2n1. The van der Waals surface area contributed by atoms with Gasteiger partial charge in [-0.05, 0) is 6.92 Å². The van der Waals surface area contributed by atoms with Crippen molar-refractivity contribution in [1.29, 1.82) is 0 Å². The van der Waals surface area contributed by atoms with Crippen LogP contribution >= 0.6 is 0 Å². The second kappa shape index (κ2) is 2.23. The summed E-state index contributed by atoms with van der Waals surface area (Å²) in [5, 5.41) is 0. The summed E-state index contributed by atoms with van der Waals surface area (Å²) in [6, 6.07) is 0. The predicted molar refractivity (Wildman–Crippen MR) is 39.9 cm³/mol. The van der Waals surface area contributed by atoms with Gasteiger partial charge in [0, 0.05) is 0 Å². The van der Waals surface area contributed by atoms with Crippen molar-refractivity contribution in [2.75, 3.05) is 0 Å². The van der Waals surface area contributed by atoms with Gasteiger partial charge in [0.2, 0.25) is 0 Å². The normalized spacial score (nSPS) is 10.3. The van der Waals surface area contributed by atoms with E-state index in [1.807, 2.05) is 6.92 Å². The van der Waals surface area contributed by atoms with Gasteiger partial charge in [0.05, 0.1) is 12.4 Å². The zero-order chi connectivity index (χ0) is 7.68. The third-order valence-electron chi connectivity index (χ3n) is 1.38. The molecule has 0 aromatic carbocycles. The van der Waals surface area contributed by atoms with Crippen LogP contribution in [-0.2, 0) is 0 Å². The van der Waals surface area contributed by atoms with Gasteiger partial charge in [0.1, 0.15) is 23.2 Å². The number of aromatic nitrogens is 4. The molecule has 0 fully saturated rings. The van der Waals surface area contributed by atoms with Crippen LogP contribution in [0.1, 0.15) is 5.82 Å². The van der Waals surface area contributed by atoms with Crippen molar-refractivity contribution >= 4 is 11.0 Å². The summed E-state index contributed by atoms with van der Waals surface area (Å²) < 4.78 is 0. The molecule has 4 nitrogen and oxygen atoms in total. The van der Waals surface area contributed by atoms with Crippen molar-refractivity contribution in [3.05, 3.63) is 24.5 Å². The molecule has 2 rings (SSSR count). The molecule has 0 radical (unpaired) electrons. The second-order valence-corrected chi connectivity index (χ2v) is 2.21. The Labute approximate surface area is 63.4 Å². The van der Waals surface area contributed by atoms with Crippen LogP contribution in [0.2, 0.25) is 0 Å². The Morgan fingerprint density at radius 1 is 1.09 bits per heavy atom. The van der Waals surface area contributed by atoms with Gasteiger partial charge in [-0.1, -0.05) is 0 Å². The highest BCUT2D eigenvalue weighted by molar-refractivity contribution is 5.71. The molecule has 0 saturated heterocycles. The highest BCUT2D eigenvalue weighted by Gasteiger charge is 1.94. The molecular formula is C7H6N4. The molecule has 54 valence electrons. The lowest BCUT2D eigenvalue weighted by atomic mass is 10.4. The van der Waals surface area contributed by atoms with Gasteiger partial charge >= 0.3 is 0 Å². The minimum absolute atomic E-state index is 0.743. The first-order chi connectivity index (χ1) is 5.36. The minimum atomic E-state index is 0.743. The monoisotopic (exact) mass is 146 g/mol. The van der Waals surface area contributed by atoms with Crippen molar-refractivity contribution in [2.24, 2.45) is 0 Å². The number of hydrogen-bond donors (Lipinski definition) is 0. The van der Waals surface area contributed by atoms with Crippen LogP contribution < -0.4 is 0 Å². The molecule has 0 N–H and O–H groups in total. The van der Waals surface area contributed by atoms with Gasteiger partial charge in [-0.15, -0.1) is 0 Å². The maximum Gasteiger partial charge on any atom is 0.126 e. The first-order valence-corrected chi connectivity index (χ1v) is 3.25. The lowest BCUT2D eigenvalue weighted by molar-refractivity contribution is 1.07. The van der Waals surface area contributed by atoms with E-state index < -0.39 is 0 Å². The molecule has 0 atom stereocenters. The average molecular weight is 146 g/mol. The van der Waals surface area contributed by atoms with Crippen molar-refractivity contribution in [3.63, 3.8) is 0 Å². The molecule has 2 aromatic rings. The fraction of sp³-hybridized carbons (Fsp3) is 0.143. The molecule has 0 aliphatic heterocycles. The van der Waals surface area contributed by atoms with Gasteiger partial charge in [-0.2, -0.15) is 0 Å². The van der Waals surface area contributed by atoms with Crippen LogP contribution in [0.15, 0.2) is 18.7 Å². The molecule has 2 heterocycles. The molecule has 0 unspecified atom stereocenters. The van der Waals surface area contributed by atoms with Gasteiger partial charge in [0.15, 0.2) is 0 Å². The fourth-order valence-corrected chi connectivity index (χ4v) is 0.875. The van der Waals surface area contributed by atoms with E-state index >= 15 is 0 Å². The van der Waals surface area contributed by atoms with Crippen molar-refractivity contribution in [3.8, 4) is 0 Å². The Bertz CT molecular complexity index is 385. The van der Waals surface area contributed by atoms with Gasteiger partial charge in [-0.3, -0.25) is 0 Å². The molecule has 0 saturated carbocycles. The van der Waals surface area contributed by atoms with Gasteiger partial charge in [-0.25, -0.2) is 19.9 Å². The summed E-state index contributed by atoms with van der Waals surface area (Å²) in [5.41, 5.74) is 1.57. The first kappa shape index (κ1) is 6.15. The van der Waals surface area contributed by atoms with Gasteiger partial charge < -0.3 is 0 Å². The van der Waals surface area contributed by atoms with E-state index in [0.29, 0.717) is 0 Å². The van der Waals surface area contributed by atoms with Crippen molar-refractivity contribution < 1.29 is 0 Å². The lowest BCUT2D eigenvalue weighted by Crippen LogP contribution is -1.89. The topological polar surface area (TPSA) is 51.6 Å². The fourth-order valence-electron chi connectivity index (χ4n) is 0.875. The molecule has 0 aliphatic rings. The zero-order valence-electron chi connectivity index (χ0n) is 6.02. The van der Waals surface area contributed by atoms with E-state index in [2.05, 4.69) is 19.9 Å². The number of nitrogens with zero attached hydrogens (tertiary/aromatic N) is 4. The van der Waals surface area contributed by atoms with Crippen molar-refractivity contribution in [1.82, 2.24) is 19.9 Å². The number of rotatable bonds is 0. The van der Waals surface area contributed by atoms with Crippen LogP contribution in [0.5, 0.6) is 0 Å². The Kier molecular flexibility index (Phi) is 1.25. The van der Waals surface area contributed by atoms with Crippen LogP contribution in [0, 0.1) is 6.92 Å². The van der Waals surface area contributed by atoms with E-state index in [9.17, 15) is 0 Å². The standard InChI is InChI=1S/C7H6N4/c1-5-9-3-6-7(11-5)2-8-4-10-6/h2-4H,1H3. The summed E-state index contributed by atoms with van der Waals surface area (Å²) >= 11 is 0. The summed E-state index contributed by atoms with van der Waals surface area (Å²) in [6.07, 6.45) is 4.86. The molecule has 0 aliphatic carbocycles. The minimum Gasteiger partial charge on any atom is -0.243 e. The Hall–Kier alpha value is -1.58.